The molecule has 0 bridgehead atoms. The van der Waals surface area contributed by atoms with Gasteiger partial charge in [-0.3, -0.25) is 19.7 Å². The Morgan fingerprint density at radius 3 is 2.77 bits per heavy atom. The summed E-state index contributed by atoms with van der Waals surface area (Å²) >= 11 is 0. The minimum Gasteiger partial charge on any atom is -0.489 e. The van der Waals surface area contributed by atoms with E-state index in [4.69, 9.17) is 4.74 Å². The molecule has 1 saturated carbocycles. The Labute approximate surface area is 178 Å². The first-order valence-corrected chi connectivity index (χ1v) is 10.9. The van der Waals surface area contributed by atoms with Crippen LogP contribution in [0, 0.1) is 12.8 Å². The quantitative estimate of drug-likeness (QED) is 0.477. The van der Waals surface area contributed by atoms with E-state index in [0.29, 0.717) is 31.3 Å². The largest absolute Gasteiger partial charge is 0.489 e. The van der Waals surface area contributed by atoms with Gasteiger partial charge in [0.15, 0.2) is 0 Å². The van der Waals surface area contributed by atoms with Gasteiger partial charge in [0.1, 0.15) is 17.9 Å². The van der Waals surface area contributed by atoms with E-state index >= 15 is 0 Å². The molecule has 3 amide bonds. The number of rotatable bonds is 9. The Hall–Kier alpha value is -2.41. The van der Waals surface area contributed by atoms with Crippen molar-refractivity contribution in [3.05, 3.63) is 29.3 Å². The minimum absolute atomic E-state index is 0.136. The lowest BCUT2D eigenvalue weighted by atomic mass is 10.0. The lowest BCUT2D eigenvalue weighted by Crippen LogP contribution is -2.51. The number of piperidine rings is 1. The molecule has 1 unspecified atom stereocenters. The number of hydrogen-bond donors (Lipinski definition) is 2. The molecule has 2 N–H and O–H groups in total. The summed E-state index contributed by atoms with van der Waals surface area (Å²) < 4.78 is 6.32. The molecule has 7 heteroatoms. The summed E-state index contributed by atoms with van der Waals surface area (Å²) in [6.45, 7) is 7.66. The maximum Gasteiger partial charge on any atom is 0.249 e. The molecule has 1 aromatic carbocycles. The second-order valence-electron chi connectivity index (χ2n) is 8.83. The summed E-state index contributed by atoms with van der Waals surface area (Å²) in [4.78, 5) is 36.7. The zero-order valence-electron chi connectivity index (χ0n) is 18.1. The lowest BCUT2D eigenvalue weighted by Gasteiger charge is -2.30. The van der Waals surface area contributed by atoms with Crippen molar-refractivity contribution in [2.45, 2.75) is 77.6 Å². The molecule has 164 valence electrons. The number of nitrogens with one attached hydrogen (secondary N) is 2. The molecule has 1 heterocycles. The van der Waals surface area contributed by atoms with Gasteiger partial charge in [-0.15, -0.1) is 0 Å². The Balaban J connectivity index is 1.68. The van der Waals surface area contributed by atoms with Crippen LogP contribution >= 0.6 is 0 Å². The molecule has 2 aliphatic rings. The molecule has 30 heavy (non-hydrogen) atoms. The normalized spacial score (nSPS) is 24.1. The van der Waals surface area contributed by atoms with E-state index in [-0.39, 0.29) is 18.4 Å². The Morgan fingerprint density at radius 1 is 1.27 bits per heavy atom. The molecule has 3 rings (SSSR count). The predicted molar refractivity (Wildman–Crippen MR) is 114 cm³/mol. The zero-order chi connectivity index (χ0) is 21.7. The molecule has 1 saturated heterocycles. The van der Waals surface area contributed by atoms with Crippen molar-refractivity contribution >= 4 is 18.2 Å². The molecule has 7 nitrogen and oxygen atoms in total. The highest BCUT2D eigenvalue weighted by Crippen LogP contribution is 2.27. The number of ether oxygens (including phenoxy) is 1. The van der Waals surface area contributed by atoms with Crippen molar-refractivity contribution in [1.29, 1.82) is 0 Å². The fourth-order valence-electron chi connectivity index (χ4n) is 4.17. The van der Waals surface area contributed by atoms with Crippen LogP contribution in [0.4, 0.5) is 0 Å². The molecule has 1 aromatic rings. The van der Waals surface area contributed by atoms with Crippen molar-refractivity contribution in [2.24, 2.45) is 5.92 Å². The minimum atomic E-state index is -0.622. The third kappa shape index (κ3) is 5.59. The highest BCUT2D eigenvalue weighted by atomic mass is 16.5. The monoisotopic (exact) mass is 415 g/mol. The van der Waals surface area contributed by atoms with E-state index < -0.39 is 11.9 Å². The molecular weight excluding hydrogens is 382 g/mol. The first-order chi connectivity index (χ1) is 14.4. The van der Waals surface area contributed by atoms with Crippen molar-refractivity contribution in [3.63, 3.8) is 0 Å². The van der Waals surface area contributed by atoms with Crippen LogP contribution in [0.3, 0.4) is 0 Å². The van der Waals surface area contributed by atoms with Crippen LogP contribution in [0.1, 0.15) is 57.1 Å². The molecule has 1 aliphatic heterocycles. The molecule has 0 spiro atoms. The molecular formula is C23H33N3O4. The van der Waals surface area contributed by atoms with Crippen molar-refractivity contribution in [1.82, 2.24) is 15.5 Å². The number of amides is 3. The van der Waals surface area contributed by atoms with Gasteiger partial charge in [-0.25, -0.2) is 0 Å². The average molecular weight is 416 g/mol. The third-order valence-corrected chi connectivity index (χ3v) is 5.95. The summed E-state index contributed by atoms with van der Waals surface area (Å²) in [7, 11) is 0. The molecule has 1 aliphatic carbocycles. The van der Waals surface area contributed by atoms with Crippen molar-refractivity contribution in [2.75, 3.05) is 6.54 Å². The van der Waals surface area contributed by atoms with Crippen LogP contribution < -0.4 is 15.4 Å². The number of benzene rings is 1. The standard InChI is InChI=1S/C23H33N3O4/c1-15(2)12-24-19-5-4-6-21(19)30-18-8-7-16(3)17(11-18)13-26(14-27)20-9-10-22(28)25-23(20)29/h7-8,11,14-15,19-21,24H,4-6,9-10,12-13H2,1-3H3,(H,25,28,29)/t19-,20?,21-/m0/s1. The molecule has 3 atom stereocenters. The van der Waals surface area contributed by atoms with Crippen molar-refractivity contribution < 1.29 is 19.1 Å². The second-order valence-corrected chi connectivity index (χ2v) is 8.83. The first-order valence-electron chi connectivity index (χ1n) is 10.9. The molecule has 2 fully saturated rings. The number of carbonyl (C=O) groups is 3. The summed E-state index contributed by atoms with van der Waals surface area (Å²) in [6.07, 6.45) is 4.71. The number of aryl methyl sites for hydroxylation is 1. The summed E-state index contributed by atoms with van der Waals surface area (Å²) in [5.74, 6) is 0.686. The van der Waals surface area contributed by atoms with E-state index in [1.54, 1.807) is 0 Å². The Bertz CT molecular complexity index is 780. The highest BCUT2D eigenvalue weighted by molar-refractivity contribution is 6.00. The van der Waals surface area contributed by atoms with Gasteiger partial charge in [0.25, 0.3) is 0 Å². The fourth-order valence-corrected chi connectivity index (χ4v) is 4.17. The van der Waals surface area contributed by atoms with E-state index in [1.807, 2.05) is 25.1 Å². The smallest absolute Gasteiger partial charge is 0.249 e. The topological polar surface area (TPSA) is 87.7 Å². The Morgan fingerprint density at radius 2 is 2.07 bits per heavy atom. The second kappa shape index (κ2) is 10.1. The fraction of sp³-hybridized carbons (Fsp3) is 0.609. The van der Waals surface area contributed by atoms with Crippen molar-refractivity contribution in [3.8, 4) is 5.75 Å². The summed E-state index contributed by atoms with van der Waals surface area (Å²) in [6, 6.07) is 5.66. The van der Waals surface area contributed by atoms with Crippen LogP contribution in [-0.2, 0) is 20.9 Å². The molecule has 0 aromatic heterocycles. The van der Waals surface area contributed by atoms with Gasteiger partial charge in [0, 0.05) is 19.0 Å². The maximum absolute atomic E-state index is 12.2. The van der Waals surface area contributed by atoms with E-state index in [0.717, 1.165) is 42.7 Å². The third-order valence-electron chi connectivity index (χ3n) is 5.95. The number of hydrogen-bond acceptors (Lipinski definition) is 5. The van der Waals surface area contributed by atoms with Gasteiger partial charge in [-0.05, 0) is 68.3 Å². The number of nitrogens with zero attached hydrogens (tertiary/aromatic N) is 1. The lowest BCUT2D eigenvalue weighted by molar-refractivity contribution is -0.141. The van der Waals surface area contributed by atoms with Crippen LogP contribution in [0.2, 0.25) is 0 Å². The van der Waals surface area contributed by atoms with E-state index in [1.165, 1.54) is 4.90 Å². The van der Waals surface area contributed by atoms with Crippen LogP contribution in [0.25, 0.3) is 0 Å². The SMILES string of the molecule is Cc1ccc(O[C@H]2CCC[C@@H]2NCC(C)C)cc1CN(C=O)C1CCC(=O)NC1=O. The number of imide groups is 1. The van der Waals surface area contributed by atoms with Gasteiger partial charge in [0.2, 0.25) is 18.2 Å². The predicted octanol–water partition coefficient (Wildman–Crippen LogP) is 2.30. The van der Waals surface area contributed by atoms with Gasteiger partial charge < -0.3 is 15.0 Å². The Kier molecular flexibility index (Phi) is 7.48. The maximum atomic E-state index is 12.2. The van der Waals surface area contributed by atoms with Gasteiger partial charge in [-0.2, -0.15) is 0 Å². The zero-order valence-corrected chi connectivity index (χ0v) is 18.1. The highest BCUT2D eigenvalue weighted by Gasteiger charge is 2.32. The van der Waals surface area contributed by atoms with Gasteiger partial charge in [-0.1, -0.05) is 19.9 Å². The number of carbonyl (C=O) groups excluding carboxylic acids is 3. The van der Waals surface area contributed by atoms with Crippen LogP contribution in [-0.4, -0.2) is 47.9 Å². The van der Waals surface area contributed by atoms with Crippen LogP contribution in [0.5, 0.6) is 5.75 Å². The summed E-state index contributed by atoms with van der Waals surface area (Å²) in [5.41, 5.74) is 1.97. The van der Waals surface area contributed by atoms with E-state index in [9.17, 15) is 14.4 Å². The average Bonchev–Trinajstić information content (AvgIpc) is 3.14. The van der Waals surface area contributed by atoms with Crippen LogP contribution in [0.15, 0.2) is 18.2 Å². The van der Waals surface area contributed by atoms with Gasteiger partial charge >= 0.3 is 0 Å². The summed E-state index contributed by atoms with van der Waals surface area (Å²) in [5, 5.41) is 5.94. The van der Waals surface area contributed by atoms with E-state index in [2.05, 4.69) is 24.5 Å². The van der Waals surface area contributed by atoms with Gasteiger partial charge in [0.05, 0.1) is 0 Å². The first kappa shape index (κ1) is 22.3. The molecule has 0 radical (unpaired) electrons.